The highest BCUT2D eigenvalue weighted by molar-refractivity contribution is 5.61. The Labute approximate surface area is 115 Å². The van der Waals surface area contributed by atoms with Crippen LogP contribution in [0.25, 0.3) is 0 Å². The highest BCUT2D eigenvalue weighted by atomic mass is 16.7. The Bertz CT molecular complexity index is 458. The normalized spacial score (nSPS) is 13.7. The first-order valence-electron chi connectivity index (χ1n) is 6.74. The summed E-state index contributed by atoms with van der Waals surface area (Å²) >= 11 is 0. The van der Waals surface area contributed by atoms with Gasteiger partial charge in [0.05, 0.1) is 0 Å². The second kappa shape index (κ2) is 5.29. The van der Waals surface area contributed by atoms with Crippen LogP contribution in [0.4, 0.5) is 5.69 Å². The van der Waals surface area contributed by atoms with Gasteiger partial charge < -0.3 is 20.1 Å². The first-order valence-corrected chi connectivity index (χ1v) is 6.74. The molecule has 0 amide bonds. The fourth-order valence-corrected chi connectivity index (χ4v) is 2.14. The maximum Gasteiger partial charge on any atom is 0.231 e. The summed E-state index contributed by atoms with van der Waals surface area (Å²) in [7, 11) is 2.11. The average molecular weight is 264 g/mol. The van der Waals surface area contributed by atoms with Gasteiger partial charge in [-0.25, -0.2) is 0 Å². The Balaban J connectivity index is 2.09. The van der Waals surface area contributed by atoms with Crippen LogP contribution in [0.5, 0.6) is 11.5 Å². The van der Waals surface area contributed by atoms with Crippen LogP contribution >= 0.6 is 0 Å². The molecule has 1 aromatic rings. The molecule has 0 unspecified atom stereocenters. The lowest BCUT2D eigenvalue weighted by Crippen LogP contribution is -2.30. The number of nitrogens with zero attached hydrogens (tertiary/aromatic N) is 1. The molecular formula is C15H24N2O2. The van der Waals surface area contributed by atoms with E-state index in [4.69, 9.17) is 15.2 Å². The number of nitrogens with two attached hydrogens (primary N) is 1. The van der Waals surface area contributed by atoms with Gasteiger partial charge in [0.1, 0.15) is 0 Å². The molecule has 4 heteroatoms. The lowest BCUT2D eigenvalue weighted by atomic mass is 9.89. The topological polar surface area (TPSA) is 47.7 Å². The molecular weight excluding hydrogens is 240 g/mol. The monoisotopic (exact) mass is 264 g/mol. The zero-order valence-corrected chi connectivity index (χ0v) is 12.3. The van der Waals surface area contributed by atoms with Crippen LogP contribution in [0.3, 0.4) is 0 Å². The standard InChI is InChI=1S/C15H24N2O2/c1-11-7-13-14(19-10-18-13)8-12(11)17(4)6-5-15(2,3)9-16/h7-8H,5-6,9-10,16H2,1-4H3. The molecule has 2 rings (SSSR count). The van der Waals surface area contributed by atoms with Crippen LogP contribution in [0.2, 0.25) is 0 Å². The van der Waals surface area contributed by atoms with Crippen molar-refractivity contribution >= 4 is 5.69 Å². The fraction of sp³-hybridized carbons (Fsp3) is 0.600. The molecule has 1 heterocycles. The quantitative estimate of drug-likeness (QED) is 0.888. The SMILES string of the molecule is Cc1cc2c(cc1N(C)CCC(C)(C)CN)OCO2. The number of anilines is 1. The zero-order chi connectivity index (χ0) is 14.0. The van der Waals surface area contributed by atoms with Crippen LogP contribution < -0.4 is 20.1 Å². The smallest absolute Gasteiger partial charge is 0.231 e. The van der Waals surface area contributed by atoms with Crippen molar-refractivity contribution in [3.05, 3.63) is 17.7 Å². The summed E-state index contributed by atoms with van der Waals surface area (Å²) in [4.78, 5) is 2.26. The molecule has 1 aromatic carbocycles. The molecule has 0 saturated carbocycles. The Morgan fingerprint density at radius 1 is 1.26 bits per heavy atom. The minimum Gasteiger partial charge on any atom is -0.454 e. The summed E-state index contributed by atoms with van der Waals surface area (Å²) in [6.07, 6.45) is 1.06. The van der Waals surface area contributed by atoms with Crippen molar-refractivity contribution in [1.29, 1.82) is 0 Å². The largest absolute Gasteiger partial charge is 0.454 e. The van der Waals surface area contributed by atoms with Crippen molar-refractivity contribution in [2.75, 3.05) is 31.8 Å². The van der Waals surface area contributed by atoms with E-state index in [1.165, 1.54) is 11.3 Å². The number of fused-ring (bicyclic) bond motifs is 1. The third-order valence-electron chi connectivity index (χ3n) is 3.78. The summed E-state index contributed by atoms with van der Waals surface area (Å²) < 4.78 is 10.8. The molecule has 106 valence electrons. The van der Waals surface area contributed by atoms with E-state index < -0.39 is 0 Å². The van der Waals surface area contributed by atoms with Crippen molar-refractivity contribution in [3.8, 4) is 11.5 Å². The fourth-order valence-electron chi connectivity index (χ4n) is 2.14. The summed E-state index contributed by atoms with van der Waals surface area (Å²) in [5, 5.41) is 0. The van der Waals surface area contributed by atoms with Gasteiger partial charge in [-0.3, -0.25) is 0 Å². The minimum absolute atomic E-state index is 0.179. The molecule has 4 nitrogen and oxygen atoms in total. The molecule has 2 N–H and O–H groups in total. The molecule has 0 saturated heterocycles. The number of benzene rings is 1. The number of hydrogen-bond acceptors (Lipinski definition) is 4. The van der Waals surface area contributed by atoms with Gasteiger partial charge >= 0.3 is 0 Å². The summed E-state index contributed by atoms with van der Waals surface area (Å²) in [6, 6.07) is 4.11. The number of ether oxygens (including phenoxy) is 2. The predicted octanol–water partition coefficient (Wildman–Crippen LogP) is 2.53. The molecule has 0 aromatic heterocycles. The van der Waals surface area contributed by atoms with Gasteiger partial charge in [0.2, 0.25) is 6.79 Å². The lowest BCUT2D eigenvalue weighted by Gasteiger charge is -2.28. The van der Waals surface area contributed by atoms with Crippen LogP contribution in [0, 0.1) is 12.3 Å². The van der Waals surface area contributed by atoms with Gasteiger partial charge in [-0.15, -0.1) is 0 Å². The molecule has 19 heavy (non-hydrogen) atoms. The molecule has 1 aliphatic rings. The van der Waals surface area contributed by atoms with Gasteiger partial charge in [0, 0.05) is 25.3 Å². The Morgan fingerprint density at radius 2 is 1.89 bits per heavy atom. The van der Waals surface area contributed by atoms with Crippen molar-refractivity contribution in [1.82, 2.24) is 0 Å². The lowest BCUT2D eigenvalue weighted by molar-refractivity contribution is 0.174. The van der Waals surface area contributed by atoms with E-state index in [0.717, 1.165) is 24.5 Å². The van der Waals surface area contributed by atoms with E-state index in [0.29, 0.717) is 13.3 Å². The Hall–Kier alpha value is -1.42. The van der Waals surface area contributed by atoms with Gasteiger partial charge in [0.15, 0.2) is 11.5 Å². The molecule has 0 fully saturated rings. The van der Waals surface area contributed by atoms with E-state index in [1.54, 1.807) is 0 Å². The van der Waals surface area contributed by atoms with Gasteiger partial charge in [-0.2, -0.15) is 0 Å². The minimum atomic E-state index is 0.179. The van der Waals surface area contributed by atoms with Crippen molar-refractivity contribution in [2.45, 2.75) is 27.2 Å². The van der Waals surface area contributed by atoms with Crippen LogP contribution in [-0.2, 0) is 0 Å². The third-order valence-corrected chi connectivity index (χ3v) is 3.78. The van der Waals surface area contributed by atoms with Gasteiger partial charge in [-0.1, -0.05) is 13.8 Å². The summed E-state index contributed by atoms with van der Waals surface area (Å²) in [5.41, 5.74) is 8.36. The third kappa shape index (κ3) is 3.13. The molecule has 0 atom stereocenters. The van der Waals surface area contributed by atoms with Crippen LogP contribution in [0.15, 0.2) is 12.1 Å². The summed E-state index contributed by atoms with van der Waals surface area (Å²) in [6.45, 7) is 8.51. The number of hydrogen-bond donors (Lipinski definition) is 1. The van der Waals surface area contributed by atoms with E-state index in [9.17, 15) is 0 Å². The maximum absolute atomic E-state index is 5.78. The number of rotatable bonds is 5. The van der Waals surface area contributed by atoms with E-state index >= 15 is 0 Å². The first kappa shape index (κ1) is 14.0. The van der Waals surface area contributed by atoms with Crippen molar-refractivity contribution in [3.63, 3.8) is 0 Å². The molecule has 0 radical (unpaired) electrons. The van der Waals surface area contributed by atoms with E-state index in [1.807, 2.05) is 6.07 Å². The highest BCUT2D eigenvalue weighted by Crippen LogP contribution is 2.38. The molecule has 0 aliphatic carbocycles. The molecule has 0 spiro atoms. The van der Waals surface area contributed by atoms with Gasteiger partial charge in [0.25, 0.3) is 0 Å². The number of aryl methyl sites for hydroxylation is 1. The van der Waals surface area contributed by atoms with E-state index in [-0.39, 0.29) is 5.41 Å². The molecule has 0 bridgehead atoms. The molecule has 1 aliphatic heterocycles. The van der Waals surface area contributed by atoms with Crippen molar-refractivity contribution in [2.24, 2.45) is 11.1 Å². The first-order chi connectivity index (χ1) is 8.93. The van der Waals surface area contributed by atoms with E-state index in [2.05, 4.69) is 38.8 Å². The Morgan fingerprint density at radius 3 is 2.53 bits per heavy atom. The Kier molecular flexibility index (Phi) is 3.90. The second-order valence-electron chi connectivity index (χ2n) is 6.03. The summed E-state index contributed by atoms with van der Waals surface area (Å²) in [5.74, 6) is 1.68. The van der Waals surface area contributed by atoms with Crippen LogP contribution in [0.1, 0.15) is 25.8 Å². The van der Waals surface area contributed by atoms with Crippen LogP contribution in [-0.4, -0.2) is 26.9 Å². The maximum atomic E-state index is 5.78. The zero-order valence-electron chi connectivity index (χ0n) is 12.3. The average Bonchev–Trinajstić information content (AvgIpc) is 2.82. The second-order valence-corrected chi connectivity index (χ2v) is 6.03. The van der Waals surface area contributed by atoms with Gasteiger partial charge in [-0.05, 0) is 36.9 Å². The predicted molar refractivity (Wildman–Crippen MR) is 78.0 cm³/mol. The highest BCUT2D eigenvalue weighted by Gasteiger charge is 2.20. The van der Waals surface area contributed by atoms with Crippen molar-refractivity contribution < 1.29 is 9.47 Å².